The van der Waals surface area contributed by atoms with Gasteiger partial charge in [-0.25, -0.2) is 5.57 Å². The molecule has 1 aliphatic carbocycles. The van der Waals surface area contributed by atoms with Gasteiger partial charge in [0.15, 0.2) is 0 Å². The summed E-state index contributed by atoms with van der Waals surface area (Å²) in [7, 11) is 0. The largest absolute Gasteiger partial charge is 1.00 e. The molecule has 0 nitrogen and oxygen atoms in total. The Morgan fingerprint density at radius 3 is 2.14 bits per heavy atom. The van der Waals surface area contributed by atoms with E-state index in [-0.39, 0.29) is 30.2 Å². The van der Waals surface area contributed by atoms with Gasteiger partial charge in [-0.2, -0.15) is 22.5 Å². The number of allylic oxidation sites excluding steroid dienone is 4. The fraction of sp³-hybridized carbons (Fsp3) is 0.292. The third-order valence-corrected chi connectivity index (χ3v) is 5.43. The maximum absolute atomic E-state index is 3.36. The van der Waals surface area contributed by atoms with E-state index in [1.165, 1.54) is 38.6 Å². The Kier molecular flexibility index (Phi) is 13.7. The minimum atomic E-state index is 0. The summed E-state index contributed by atoms with van der Waals surface area (Å²) in [4.78, 5) is 0. The molecule has 0 N–H and O–H groups in total. The number of benzene rings is 1. The van der Waals surface area contributed by atoms with Crippen molar-refractivity contribution < 1.29 is 48.1 Å². The van der Waals surface area contributed by atoms with Crippen LogP contribution in [0.3, 0.4) is 0 Å². The number of fused-ring (bicyclic) bond motifs is 1. The summed E-state index contributed by atoms with van der Waals surface area (Å²) in [5.41, 5.74) is 7.13. The summed E-state index contributed by atoms with van der Waals surface area (Å²) in [6, 6.07) is 15.1. The summed E-state index contributed by atoms with van der Waals surface area (Å²) in [6.45, 7) is 13.3. The molecule has 0 fully saturated rings. The van der Waals surface area contributed by atoms with Crippen LogP contribution < -0.4 is 24.8 Å². The predicted molar refractivity (Wildman–Crippen MR) is 120 cm³/mol. The van der Waals surface area contributed by atoms with Gasteiger partial charge in [0.25, 0.3) is 0 Å². The molecule has 1 aromatic heterocycles. The third kappa shape index (κ3) is 8.38. The standard InChI is InChI=1S/C13H9S.C9H13.C2H6Si.2ClH.Zr/c1-2-4-12-10(3-1)5-6-13(12)11-7-8-14-9-11;1-6-5-7(2)9(4)8(6)3;1-3-2;;;/h1-9H;6H,1-4H3;1-2H3;2*1H;/q2*-1;;;;+2/p-2. The first-order chi connectivity index (χ1) is 12.8. The number of hydrogen-bond donors (Lipinski definition) is 0. The van der Waals surface area contributed by atoms with Crippen LogP contribution in [0.25, 0.3) is 21.9 Å². The molecular weight excluding hydrogens is 511 g/mol. The second kappa shape index (κ2) is 13.9. The Bertz CT molecular complexity index is 964. The zero-order chi connectivity index (χ0) is 20.0. The number of rotatable bonds is 1. The quantitative estimate of drug-likeness (QED) is 0.328. The van der Waals surface area contributed by atoms with E-state index in [1.807, 2.05) is 0 Å². The Labute approximate surface area is 208 Å². The molecule has 0 spiro atoms. The summed E-state index contributed by atoms with van der Waals surface area (Å²) < 4.78 is 0. The molecule has 1 heterocycles. The first kappa shape index (κ1) is 28.7. The van der Waals surface area contributed by atoms with Crippen molar-refractivity contribution in [2.24, 2.45) is 5.92 Å². The minimum Gasteiger partial charge on any atom is -1.00 e. The molecule has 29 heavy (non-hydrogen) atoms. The van der Waals surface area contributed by atoms with Crippen LogP contribution in [0.1, 0.15) is 27.7 Å². The van der Waals surface area contributed by atoms with Gasteiger partial charge in [-0.15, -0.1) is 53.6 Å². The van der Waals surface area contributed by atoms with E-state index >= 15 is 0 Å². The maximum atomic E-state index is 3.36. The van der Waals surface area contributed by atoms with E-state index in [0.29, 0.717) is 5.92 Å². The normalized spacial score (nSPS) is 14.6. The van der Waals surface area contributed by atoms with Gasteiger partial charge in [0.05, 0.1) is 0 Å². The molecule has 5 heteroatoms. The summed E-state index contributed by atoms with van der Waals surface area (Å²) >= 11 is 3.48. The third-order valence-electron chi connectivity index (χ3n) is 4.75. The SMILES string of the molecule is CC1=[C-]C(C)C(C)=C1C.C[Si](C)=[Zr+2].[Cl-].[Cl-].c1ccc2c(-c3ccsc3)c[cH-]c2c1. The van der Waals surface area contributed by atoms with Crippen LogP contribution in [0, 0.1) is 12.0 Å². The zero-order valence-corrected chi connectivity index (χ0v) is 23.7. The van der Waals surface area contributed by atoms with Crippen LogP contribution in [0.5, 0.6) is 0 Å². The van der Waals surface area contributed by atoms with E-state index < -0.39 is 0 Å². The van der Waals surface area contributed by atoms with Crippen molar-refractivity contribution >= 4 is 27.5 Å². The molecule has 2 aromatic carbocycles. The van der Waals surface area contributed by atoms with Gasteiger partial charge in [-0.1, -0.05) is 44.4 Å². The molecule has 0 aliphatic heterocycles. The average Bonchev–Trinajstić information content (AvgIpc) is 3.33. The summed E-state index contributed by atoms with van der Waals surface area (Å²) in [5, 5.41) is 7.00. The minimum absolute atomic E-state index is 0. The van der Waals surface area contributed by atoms with E-state index in [0.717, 1.165) is 0 Å². The molecule has 1 aliphatic rings. The second-order valence-electron chi connectivity index (χ2n) is 7.15. The average molecular weight is 539 g/mol. The molecule has 0 saturated heterocycles. The van der Waals surface area contributed by atoms with Crippen molar-refractivity contribution in [3.8, 4) is 11.1 Å². The fourth-order valence-corrected chi connectivity index (χ4v) is 3.64. The number of hydrogen-bond acceptors (Lipinski definition) is 1. The van der Waals surface area contributed by atoms with E-state index in [2.05, 4.69) is 100 Å². The molecule has 0 amide bonds. The van der Waals surface area contributed by atoms with Crippen LogP contribution in [0.2, 0.25) is 13.1 Å². The molecule has 4 rings (SSSR count). The smallest absolute Gasteiger partial charge is 0.00956 e. The van der Waals surface area contributed by atoms with E-state index in [4.69, 9.17) is 0 Å². The molecule has 0 radical (unpaired) electrons. The van der Waals surface area contributed by atoms with Crippen LogP contribution in [-0.4, -0.2) is 5.43 Å². The van der Waals surface area contributed by atoms with Gasteiger partial charge < -0.3 is 24.8 Å². The molecule has 1 atom stereocenters. The molecular formula is C24H28Cl2SSiZr-2. The molecule has 0 bridgehead atoms. The number of halogens is 2. The van der Waals surface area contributed by atoms with Crippen molar-refractivity contribution in [2.75, 3.05) is 0 Å². The van der Waals surface area contributed by atoms with Crippen molar-refractivity contribution in [3.05, 3.63) is 76.0 Å². The second-order valence-corrected chi connectivity index (χ2v) is 17.3. The van der Waals surface area contributed by atoms with Crippen LogP contribution in [0.4, 0.5) is 0 Å². The van der Waals surface area contributed by atoms with Crippen LogP contribution >= 0.6 is 11.3 Å². The van der Waals surface area contributed by atoms with Gasteiger partial charge in [-0.3, -0.25) is 6.08 Å². The van der Waals surface area contributed by atoms with Gasteiger partial charge in [0, 0.05) is 0 Å². The molecule has 1 unspecified atom stereocenters. The summed E-state index contributed by atoms with van der Waals surface area (Å²) in [5.74, 6) is 0.560. The zero-order valence-electron chi connectivity index (χ0n) is 17.9. The molecule has 3 aromatic rings. The van der Waals surface area contributed by atoms with Crippen molar-refractivity contribution in [1.82, 2.24) is 0 Å². The first-order valence-corrected chi connectivity index (χ1v) is 16.4. The van der Waals surface area contributed by atoms with Crippen molar-refractivity contribution in [2.45, 2.75) is 40.8 Å². The summed E-state index contributed by atoms with van der Waals surface area (Å²) in [6.07, 6.45) is 3.36. The van der Waals surface area contributed by atoms with Gasteiger partial charge in [0.1, 0.15) is 0 Å². The van der Waals surface area contributed by atoms with Gasteiger partial charge in [0.2, 0.25) is 0 Å². The predicted octanol–water partition coefficient (Wildman–Crippen LogP) is 1.80. The Morgan fingerprint density at radius 2 is 1.69 bits per heavy atom. The van der Waals surface area contributed by atoms with Crippen molar-refractivity contribution in [1.29, 1.82) is 0 Å². The molecule has 0 saturated carbocycles. The Hall–Kier alpha value is -0.310. The first-order valence-electron chi connectivity index (χ1n) is 9.27. The monoisotopic (exact) mass is 536 g/mol. The van der Waals surface area contributed by atoms with E-state index in [1.54, 1.807) is 34.7 Å². The Morgan fingerprint density at radius 1 is 1.07 bits per heavy atom. The fourth-order valence-electron chi connectivity index (χ4n) is 2.98. The van der Waals surface area contributed by atoms with Crippen molar-refractivity contribution in [3.63, 3.8) is 0 Å². The van der Waals surface area contributed by atoms with Crippen LogP contribution in [-0.2, 0) is 23.3 Å². The maximum Gasteiger partial charge on any atom is -0.00956 e. The van der Waals surface area contributed by atoms with Gasteiger partial charge in [-0.05, 0) is 10.8 Å². The van der Waals surface area contributed by atoms with Gasteiger partial charge >= 0.3 is 41.9 Å². The Balaban J connectivity index is 0.000000458. The number of thiophene rings is 1. The van der Waals surface area contributed by atoms with E-state index in [9.17, 15) is 0 Å². The molecule has 154 valence electrons. The topological polar surface area (TPSA) is 0 Å². The van der Waals surface area contributed by atoms with Crippen LogP contribution in [0.15, 0.2) is 69.9 Å².